The van der Waals surface area contributed by atoms with Crippen LogP contribution in [-0.4, -0.2) is 111 Å². The van der Waals surface area contributed by atoms with Crippen LogP contribution < -0.4 is 5.32 Å². The van der Waals surface area contributed by atoms with Gasteiger partial charge < -0.3 is 50.5 Å². The predicted octanol–water partition coefficient (Wildman–Crippen LogP) is -4.02. The molecule has 2 aliphatic rings. The quantitative estimate of drug-likeness (QED) is 0.167. The van der Waals surface area contributed by atoms with Gasteiger partial charge in [-0.2, -0.15) is 67.5 Å². The third-order valence-electron chi connectivity index (χ3n) is 4.50. The second kappa shape index (κ2) is 16.7. The molecule has 9 atom stereocenters. The zero-order chi connectivity index (χ0) is 18.0. The zero-order valence-electron chi connectivity index (χ0n) is 15.6. The number of methoxy groups -OCH3 is 1. The largest absolute Gasteiger partial charge is 0.394 e. The zero-order valence-corrected chi connectivity index (χ0v) is 20.6. The van der Waals surface area contributed by atoms with Crippen molar-refractivity contribution < 1.29 is 45.2 Å². The molecule has 8 N–H and O–H groups in total. The number of hydrogen-bond donors (Lipinski definition) is 8. The van der Waals surface area contributed by atoms with E-state index in [9.17, 15) is 35.7 Å². The van der Waals surface area contributed by atoms with Crippen LogP contribution in [0.2, 0.25) is 0 Å². The summed E-state index contributed by atoms with van der Waals surface area (Å²) in [5, 5.41) is 71.4. The number of aliphatic hydroxyl groups is 7. The molecule has 0 aromatic heterocycles. The van der Waals surface area contributed by atoms with E-state index in [1.54, 1.807) is 0 Å². The van der Waals surface area contributed by atoms with Gasteiger partial charge in [-0.15, -0.1) is 0 Å². The first kappa shape index (κ1) is 37.4. The lowest BCUT2D eigenvalue weighted by molar-refractivity contribution is -0.273. The minimum Gasteiger partial charge on any atom is -0.394 e. The van der Waals surface area contributed by atoms with Crippen molar-refractivity contribution in [3.63, 3.8) is 0 Å². The molecule has 1 aliphatic heterocycles. The molecule has 10 nitrogen and oxygen atoms in total. The average Bonchev–Trinajstić information content (AvgIpc) is 2.59. The third-order valence-corrected chi connectivity index (χ3v) is 4.50. The summed E-state index contributed by atoms with van der Waals surface area (Å²) in [6.45, 7) is -1.02. The summed E-state index contributed by atoms with van der Waals surface area (Å²) in [6, 6.07) is -1.94. The van der Waals surface area contributed by atoms with E-state index >= 15 is 0 Å². The molecule has 1 saturated heterocycles. The van der Waals surface area contributed by atoms with Crippen molar-refractivity contribution in [3.05, 3.63) is 11.6 Å². The van der Waals surface area contributed by atoms with E-state index in [1.807, 2.05) is 0 Å². The Morgan fingerprint density at radius 1 is 0.897 bits per heavy atom. The van der Waals surface area contributed by atoms with Gasteiger partial charge in [0.05, 0.1) is 25.3 Å². The third kappa shape index (κ3) is 8.18. The molecule has 0 saturated carbocycles. The van der Waals surface area contributed by atoms with Crippen molar-refractivity contribution in [1.82, 2.24) is 5.32 Å². The minimum atomic E-state index is -1.54. The van der Waals surface area contributed by atoms with Gasteiger partial charge in [0.1, 0.15) is 36.6 Å². The van der Waals surface area contributed by atoms with Gasteiger partial charge >= 0.3 is 0 Å². The lowest BCUT2D eigenvalue weighted by atomic mass is 9.86. The summed E-state index contributed by atoms with van der Waals surface area (Å²) < 4.78 is 10.2. The monoisotopic (exact) mass is 521 g/mol. The topological polar surface area (TPSA) is 172 Å². The minimum absolute atomic E-state index is 0. The van der Waals surface area contributed by atoms with Crippen molar-refractivity contribution in [3.8, 4) is 0 Å². The SMILES string of the molecule is CO[C@@H]1O[C@H](CO)C(N[C@@H]2C=C(CO)[C@@H](O)C(O)[C@H]2O)[C@H](O)C1O.S.S.S.S.S. The predicted molar refractivity (Wildman–Crippen MR) is 131 cm³/mol. The Balaban J connectivity index is -0.000000625. The Hall–Kier alpha value is 1.09. The van der Waals surface area contributed by atoms with E-state index in [0.29, 0.717) is 0 Å². The molecule has 0 aromatic rings. The summed E-state index contributed by atoms with van der Waals surface area (Å²) in [6.07, 6.45) is -7.90. The van der Waals surface area contributed by atoms with Crippen LogP contribution in [0, 0.1) is 0 Å². The van der Waals surface area contributed by atoms with Crippen molar-refractivity contribution in [2.45, 2.75) is 55.0 Å². The Labute approximate surface area is 204 Å². The van der Waals surface area contributed by atoms with Gasteiger partial charge in [-0.25, -0.2) is 0 Å². The first-order valence-electron chi connectivity index (χ1n) is 7.62. The normalized spacial score (nSPS) is 38.6. The first-order valence-corrected chi connectivity index (χ1v) is 7.62. The number of ether oxygens (including phenoxy) is 2. The maximum absolute atomic E-state index is 10.3. The van der Waals surface area contributed by atoms with Crippen LogP contribution in [0.5, 0.6) is 0 Å². The van der Waals surface area contributed by atoms with Crippen LogP contribution in [0.15, 0.2) is 11.6 Å². The fraction of sp³-hybridized carbons (Fsp3) is 0.857. The van der Waals surface area contributed by atoms with Gasteiger partial charge in [0.2, 0.25) is 0 Å². The number of hydrogen-bond acceptors (Lipinski definition) is 10. The molecule has 3 unspecified atom stereocenters. The Kier molecular flexibility index (Phi) is 21.5. The van der Waals surface area contributed by atoms with E-state index in [1.165, 1.54) is 13.2 Å². The average molecular weight is 522 g/mol. The van der Waals surface area contributed by atoms with Gasteiger partial charge in [0, 0.05) is 7.11 Å². The molecule has 0 amide bonds. The molecule has 0 spiro atoms. The highest BCUT2D eigenvalue weighted by molar-refractivity contribution is 7.60. The number of aliphatic hydroxyl groups excluding tert-OH is 7. The molecule has 29 heavy (non-hydrogen) atoms. The Morgan fingerprint density at radius 3 is 1.90 bits per heavy atom. The molecule has 0 bridgehead atoms. The van der Waals surface area contributed by atoms with Crippen LogP contribution in [0.1, 0.15) is 0 Å². The smallest absolute Gasteiger partial charge is 0.186 e. The second-order valence-electron chi connectivity index (χ2n) is 5.99. The molecule has 180 valence electrons. The standard InChI is InChI=1S/C14H25NO9.5H2S/c1-23-14-13(22)11(20)8(7(4-17)24-14)15-6-2-5(3-16)9(18)12(21)10(6)19;;;;;/h2,6-22H,3-4H2,1H3;5*1H2/t6-,7-,8?,9-,10+,11+,12?,13?,14-;;;;;/m1...../s1. The van der Waals surface area contributed by atoms with Gasteiger partial charge in [0.25, 0.3) is 0 Å². The van der Waals surface area contributed by atoms with Gasteiger partial charge in [-0.05, 0) is 5.57 Å². The fourth-order valence-electron chi connectivity index (χ4n) is 3.05. The fourth-order valence-corrected chi connectivity index (χ4v) is 3.05. The molecule has 1 fully saturated rings. The van der Waals surface area contributed by atoms with E-state index < -0.39 is 68.2 Å². The Bertz CT molecular complexity index is 465. The maximum Gasteiger partial charge on any atom is 0.186 e. The second-order valence-corrected chi connectivity index (χ2v) is 5.99. The molecule has 1 aliphatic carbocycles. The van der Waals surface area contributed by atoms with Crippen molar-refractivity contribution in [1.29, 1.82) is 0 Å². The molecular formula is C14H35NO9S5. The highest BCUT2D eigenvalue weighted by atomic mass is 32.1. The molecule has 0 radical (unpaired) electrons. The summed E-state index contributed by atoms with van der Waals surface area (Å²) in [5.41, 5.74) is 0.104. The van der Waals surface area contributed by atoms with E-state index in [-0.39, 0.29) is 73.1 Å². The van der Waals surface area contributed by atoms with Crippen molar-refractivity contribution in [2.24, 2.45) is 0 Å². The van der Waals surface area contributed by atoms with Crippen LogP contribution >= 0.6 is 67.5 Å². The molecule has 1 heterocycles. The first-order chi connectivity index (χ1) is 11.3. The Morgan fingerprint density at radius 2 is 1.45 bits per heavy atom. The summed E-state index contributed by atoms with van der Waals surface area (Å²) in [5.74, 6) is 0. The molecule has 0 aromatic carbocycles. The van der Waals surface area contributed by atoms with Crippen LogP contribution in [0.4, 0.5) is 0 Å². The van der Waals surface area contributed by atoms with Gasteiger partial charge in [-0.3, -0.25) is 0 Å². The molecule has 2 rings (SSSR count). The highest BCUT2D eigenvalue weighted by Gasteiger charge is 2.47. The summed E-state index contributed by atoms with van der Waals surface area (Å²) in [7, 11) is 1.28. The van der Waals surface area contributed by atoms with E-state index in [0.717, 1.165) is 0 Å². The maximum atomic E-state index is 10.3. The number of rotatable bonds is 5. The van der Waals surface area contributed by atoms with E-state index in [4.69, 9.17) is 9.47 Å². The van der Waals surface area contributed by atoms with Gasteiger partial charge in [0.15, 0.2) is 6.29 Å². The van der Waals surface area contributed by atoms with Crippen molar-refractivity contribution >= 4 is 67.5 Å². The lowest BCUT2D eigenvalue weighted by Crippen LogP contribution is -2.67. The highest BCUT2D eigenvalue weighted by Crippen LogP contribution is 2.25. The molecule has 15 heteroatoms. The van der Waals surface area contributed by atoms with Gasteiger partial charge in [-0.1, -0.05) is 6.08 Å². The van der Waals surface area contributed by atoms with Crippen LogP contribution in [0.25, 0.3) is 0 Å². The van der Waals surface area contributed by atoms with Crippen molar-refractivity contribution in [2.75, 3.05) is 20.3 Å². The van der Waals surface area contributed by atoms with E-state index in [2.05, 4.69) is 5.32 Å². The van der Waals surface area contributed by atoms with Crippen LogP contribution in [0.3, 0.4) is 0 Å². The summed E-state index contributed by atoms with van der Waals surface area (Å²) >= 11 is 0. The summed E-state index contributed by atoms with van der Waals surface area (Å²) in [4.78, 5) is 0. The number of nitrogens with one attached hydrogen (secondary N) is 1. The molecular weight excluding hydrogens is 486 g/mol. The van der Waals surface area contributed by atoms with Crippen LogP contribution in [-0.2, 0) is 9.47 Å². The lowest BCUT2D eigenvalue weighted by Gasteiger charge is -2.44.